The van der Waals surface area contributed by atoms with Crippen molar-refractivity contribution < 1.29 is 19.1 Å². The number of benzene rings is 1. The summed E-state index contributed by atoms with van der Waals surface area (Å²) in [6.45, 7) is 13.0. The van der Waals surface area contributed by atoms with Gasteiger partial charge in [0.2, 0.25) is 0 Å². The molecule has 0 spiro atoms. The van der Waals surface area contributed by atoms with Crippen molar-refractivity contribution in [1.29, 1.82) is 0 Å². The minimum absolute atomic E-state index is 0.200. The van der Waals surface area contributed by atoms with Crippen LogP contribution in [0.4, 0.5) is 16.2 Å². The molecule has 0 saturated heterocycles. The summed E-state index contributed by atoms with van der Waals surface area (Å²) in [6.07, 6.45) is -0.607. The van der Waals surface area contributed by atoms with Gasteiger partial charge in [0.05, 0.1) is 23.5 Å². The van der Waals surface area contributed by atoms with E-state index in [0.29, 0.717) is 17.2 Å². The van der Waals surface area contributed by atoms with Crippen LogP contribution in [0.5, 0.6) is 0 Å². The van der Waals surface area contributed by atoms with Gasteiger partial charge in [0.15, 0.2) is 11.9 Å². The van der Waals surface area contributed by atoms with E-state index in [1.807, 2.05) is 20.8 Å². The third-order valence-electron chi connectivity index (χ3n) is 3.77. The highest BCUT2D eigenvalue weighted by atomic mass is 16.6. The number of nitrogens with one attached hydrogen (secondary N) is 2. The Morgan fingerprint density at radius 1 is 1.10 bits per heavy atom. The Bertz CT molecular complexity index is 882. The predicted molar refractivity (Wildman–Crippen MR) is 112 cm³/mol. The summed E-state index contributed by atoms with van der Waals surface area (Å²) in [7, 11) is 0. The number of amides is 1. The van der Waals surface area contributed by atoms with E-state index in [1.165, 1.54) is 0 Å². The van der Waals surface area contributed by atoms with E-state index in [4.69, 9.17) is 9.47 Å². The summed E-state index contributed by atoms with van der Waals surface area (Å²) >= 11 is 0. The van der Waals surface area contributed by atoms with Gasteiger partial charge in [0.25, 0.3) is 0 Å². The SMILES string of the molecule is CCOC(=O)C(Nc1ccccc1NC(=O)OC(C)(C)C)c1nnnn1C(C)(C)C. The van der Waals surface area contributed by atoms with Crippen LogP contribution in [-0.2, 0) is 19.8 Å². The van der Waals surface area contributed by atoms with E-state index in [0.717, 1.165) is 0 Å². The summed E-state index contributed by atoms with van der Waals surface area (Å²) in [6, 6.07) is 5.97. The standard InChI is InChI=1S/C20H30N6O4/c1-8-29-17(27)15(16-23-24-25-26(16)19(2,3)4)21-13-11-9-10-12-14(13)22-18(28)30-20(5,6)7/h9-12,15,21H,8H2,1-7H3,(H,22,28). The molecule has 0 saturated carbocycles. The molecule has 1 heterocycles. The Balaban J connectivity index is 2.37. The quantitative estimate of drug-likeness (QED) is 0.684. The van der Waals surface area contributed by atoms with Crippen molar-refractivity contribution in [2.45, 2.75) is 65.6 Å². The maximum absolute atomic E-state index is 12.7. The molecule has 1 atom stereocenters. The predicted octanol–water partition coefficient (Wildman–Crippen LogP) is 3.49. The van der Waals surface area contributed by atoms with E-state index in [9.17, 15) is 9.59 Å². The molecule has 2 aromatic rings. The molecule has 2 rings (SSSR count). The topological polar surface area (TPSA) is 120 Å². The van der Waals surface area contributed by atoms with Crippen molar-refractivity contribution >= 4 is 23.4 Å². The Hall–Kier alpha value is -3.17. The lowest BCUT2D eigenvalue weighted by molar-refractivity contribution is -0.144. The molecule has 0 aliphatic heterocycles. The Morgan fingerprint density at radius 2 is 1.73 bits per heavy atom. The number of para-hydroxylation sites is 2. The maximum Gasteiger partial charge on any atom is 0.412 e. The normalized spacial score (nSPS) is 12.8. The van der Waals surface area contributed by atoms with Crippen LogP contribution < -0.4 is 10.6 Å². The third kappa shape index (κ3) is 6.16. The summed E-state index contributed by atoms with van der Waals surface area (Å²) in [4.78, 5) is 25.0. The van der Waals surface area contributed by atoms with E-state index in [-0.39, 0.29) is 6.61 Å². The first-order valence-corrected chi connectivity index (χ1v) is 9.73. The van der Waals surface area contributed by atoms with Crippen LogP contribution in [0.25, 0.3) is 0 Å². The molecular formula is C20H30N6O4. The largest absolute Gasteiger partial charge is 0.464 e. The number of esters is 1. The molecule has 30 heavy (non-hydrogen) atoms. The Kier molecular flexibility index (Phi) is 7.01. The highest BCUT2D eigenvalue weighted by Crippen LogP contribution is 2.28. The van der Waals surface area contributed by atoms with Gasteiger partial charge in [0, 0.05) is 0 Å². The molecule has 10 heteroatoms. The average molecular weight is 418 g/mol. The molecule has 0 radical (unpaired) electrons. The van der Waals surface area contributed by atoms with Crippen LogP contribution in [0.2, 0.25) is 0 Å². The van der Waals surface area contributed by atoms with Gasteiger partial charge in [-0.15, -0.1) is 5.10 Å². The van der Waals surface area contributed by atoms with Crippen molar-refractivity contribution in [3.05, 3.63) is 30.1 Å². The molecular weight excluding hydrogens is 388 g/mol. The van der Waals surface area contributed by atoms with Crippen molar-refractivity contribution in [3.8, 4) is 0 Å². The van der Waals surface area contributed by atoms with Crippen LogP contribution in [0.15, 0.2) is 24.3 Å². The molecule has 1 aromatic carbocycles. The monoisotopic (exact) mass is 418 g/mol. The first-order valence-electron chi connectivity index (χ1n) is 9.73. The number of anilines is 2. The van der Waals surface area contributed by atoms with Crippen molar-refractivity contribution in [2.75, 3.05) is 17.2 Å². The number of carbonyl (C=O) groups excluding carboxylic acids is 2. The fourth-order valence-corrected chi connectivity index (χ4v) is 2.59. The highest BCUT2D eigenvalue weighted by molar-refractivity contribution is 5.91. The lowest BCUT2D eigenvalue weighted by Crippen LogP contribution is -2.33. The number of tetrazole rings is 1. The molecule has 0 bridgehead atoms. The number of carbonyl (C=O) groups is 2. The van der Waals surface area contributed by atoms with Crippen LogP contribution in [0, 0.1) is 0 Å². The van der Waals surface area contributed by atoms with Gasteiger partial charge >= 0.3 is 12.1 Å². The van der Waals surface area contributed by atoms with E-state index in [1.54, 1.807) is 56.6 Å². The zero-order valence-corrected chi connectivity index (χ0v) is 18.5. The number of ether oxygens (including phenoxy) is 2. The Labute approximate surface area is 176 Å². The second kappa shape index (κ2) is 9.10. The van der Waals surface area contributed by atoms with Gasteiger partial charge in [-0.05, 0) is 71.0 Å². The van der Waals surface area contributed by atoms with Crippen LogP contribution in [-0.4, -0.2) is 44.5 Å². The van der Waals surface area contributed by atoms with Crippen LogP contribution in [0.3, 0.4) is 0 Å². The van der Waals surface area contributed by atoms with Gasteiger partial charge in [0.1, 0.15) is 5.60 Å². The summed E-state index contributed by atoms with van der Waals surface area (Å²) in [5.41, 5.74) is -0.172. The molecule has 164 valence electrons. The third-order valence-corrected chi connectivity index (χ3v) is 3.77. The summed E-state index contributed by atoms with van der Waals surface area (Å²) in [5, 5.41) is 17.6. The van der Waals surface area contributed by atoms with Crippen molar-refractivity contribution in [2.24, 2.45) is 0 Å². The molecule has 0 fully saturated rings. The van der Waals surface area contributed by atoms with Gasteiger partial charge < -0.3 is 14.8 Å². The second-order valence-corrected chi connectivity index (χ2v) is 8.62. The Morgan fingerprint density at radius 3 is 2.30 bits per heavy atom. The maximum atomic E-state index is 12.7. The zero-order valence-electron chi connectivity index (χ0n) is 18.5. The first-order chi connectivity index (χ1) is 13.9. The fourth-order valence-electron chi connectivity index (χ4n) is 2.59. The lowest BCUT2D eigenvalue weighted by Gasteiger charge is -2.25. The summed E-state index contributed by atoms with van der Waals surface area (Å²) < 4.78 is 12.1. The number of rotatable bonds is 6. The highest BCUT2D eigenvalue weighted by Gasteiger charge is 2.32. The molecule has 10 nitrogen and oxygen atoms in total. The molecule has 1 aromatic heterocycles. The molecule has 0 aliphatic rings. The van der Waals surface area contributed by atoms with Crippen LogP contribution >= 0.6 is 0 Å². The molecule has 0 aliphatic carbocycles. The first kappa shape index (κ1) is 23.1. The average Bonchev–Trinajstić information content (AvgIpc) is 3.09. The van der Waals surface area contributed by atoms with Crippen LogP contribution in [0.1, 0.15) is 60.3 Å². The second-order valence-electron chi connectivity index (χ2n) is 8.62. The van der Waals surface area contributed by atoms with E-state index < -0.39 is 29.2 Å². The number of hydrogen-bond acceptors (Lipinski definition) is 8. The number of hydrogen-bond donors (Lipinski definition) is 2. The molecule has 1 amide bonds. The van der Waals surface area contributed by atoms with E-state index in [2.05, 4.69) is 26.2 Å². The van der Waals surface area contributed by atoms with Gasteiger partial charge in [-0.3, -0.25) is 5.32 Å². The molecule has 1 unspecified atom stereocenters. The number of aromatic nitrogens is 4. The minimum atomic E-state index is -0.985. The van der Waals surface area contributed by atoms with Gasteiger partial charge in [-0.1, -0.05) is 12.1 Å². The van der Waals surface area contributed by atoms with E-state index >= 15 is 0 Å². The van der Waals surface area contributed by atoms with Crippen molar-refractivity contribution in [1.82, 2.24) is 20.2 Å². The minimum Gasteiger partial charge on any atom is -0.464 e. The van der Waals surface area contributed by atoms with Crippen molar-refractivity contribution in [3.63, 3.8) is 0 Å². The number of nitrogens with zero attached hydrogens (tertiary/aromatic N) is 4. The molecule has 2 N–H and O–H groups in total. The fraction of sp³-hybridized carbons (Fsp3) is 0.550. The smallest absolute Gasteiger partial charge is 0.412 e. The lowest BCUT2D eigenvalue weighted by atomic mass is 10.1. The van der Waals surface area contributed by atoms with Gasteiger partial charge in [-0.2, -0.15) is 0 Å². The zero-order chi connectivity index (χ0) is 22.5. The van der Waals surface area contributed by atoms with Gasteiger partial charge in [-0.25, -0.2) is 14.3 Å². The summed E-state index contributed by atoms with van der Waals surface area (Å²) in [5.74, 6) is -0.238.